The maximum absolute atomic E-state index is 14.9. The van der Waals surface area contributed by atoms with Gasteiger partial charge in [-0.15, -0.1) is 0 Å². The van der Waals surface area contributed by atoms with E-state index in [0.29, 0.717) is 11.8 Å². The Morgan fingerprint density at radius 3 is 2.22 bits per heavy atom. The Hall–Kier alpha value is -2.37. The monoisotopic (exact) mass is 450 g/mol. The molecule has 0 spiro atoms. The van der Waals surface area contributed by atoms with Crippen LogP contribution < -0.4 is 4.74 Å². The number of ether oxygens (including phenoxy) is 1. The van der Waals surface area contributed by atoms with Gasteiger partial charge >= 0.3 is 6.61 Å². The van der Waals surface area contributed by atoms with Gasteiger partial charge < -0.3 is 4.74 Å². The molecule has 1 nitrogen and oxygen atoms in total. The molecule has 2 saturated carbocycles. The van der Waals surface area contributed by atoms with Crippen molar-refractivity contribution in [3.63, 3.8) is 0 Å². The molecule has 2 fully saturated rings. The molecule has 0 radical (unpaired) electrons. The minimum Gasteiger partial charge on any atom is -0.429 e. The molecule has 0 heterocycles. The highest BCUT2D eigenvalue weighted by atomic mass is 19.3. The third kappa shape index (κ3) is 4.84. The molecule has 4 rings (SSSR count). The van der Waals surface area contributed by atoms with Gasteiger partial charge in [-0.2, -0.15) is 8.78 Å². The summed E-state index contributed by atoms with van der Waals surface area (Å²) in [6, 6.07) is 6.40. The van der Waals surface area contributed by atoms with Gasteiger partial charge in [-0.1, -0.05) is 24.3 Å². The Bertz CT molecular complexity index is 963. The van der Waals surface area contributed by atoms with Crippen LogP contribution in [0.1, 0.15) is 56.9 Å². The zero-order valence-corrected chi connectivity index (χ0v) is 18.0. The molecular formula is C26H27F5O. The quantitative estimate of drug-likeness (QED) is 0.329. The number of rotatable bonds is 5. The van der Waals surface area contributed by atoms with Gasteiger partial charge in [0, 0.05) is 5.56 Å². The van der Waals surface area contributed by atoms with Crippen LogP contribution in [-0.4, -0.2) is 6.61 Å². The van der Waals surface area contributed by atoms with E-state index in [0.717, 1.165) is 42.9 Å². The molecule has 4 atom stereocenters. The van der Waals surface area contributed by atoms with Crippen molar-refractivity contribution in [2.24, 2.45) is 17.8 Å². The Labute approximate surface area is 185 Å². The van der Waals surface area contributed by atoms with Crippen LogP contribution in [0, 0.1) is 35.2 Å². The van der Waals surface area contributed by atoms with Gasteiger partial charge in [0.05, 0.1) is 0 Å². The van der Waals surface area contributed by atoms with Crippen molar-refractivity contribution in [2.75, 3.05) is 0 Å². The first-order chi connectivity index (χ1) is 15.4. The zero-order valence-electron chi connectivity index (χ0n) is 18.0. The number of benzene rings is 2. The molecule has 0 aromatic heterocycles. The second-order valence-electron chi connectivity index (χ2n) is 9.02. The highest BCUT2D eigenvalue weighted by Gasteiger charge is 2.35. The molecule has 32 heavy (non-hydrogen) atoms. The van der Waals surface area contributed by atoms with E-state index in [4.69, 9.17) is 0 Å². The lowest BCUT2D eigenvalue weighted by atomic mass is 9.64. The summed E-state index contributed by atoms with van der Waals surface area (Å²) in [7, 11) is 0. The summed E-state index contributed by atoms with van der Waals surface area (Å²) in [5, 5.41) is 0. The number of hydrogen-bond donors (Lipinski definition) is 0. The van der Waals surface area contributed by atoms with Crippen LogP contribution in [0.3, 0.4) is 0 Å². The summed E-state index contributed by atoms with van der Waals surface area (Å²) in [5.41, 5.74) is 0.867. The van der Waals surface area contributed by atoms with Gasteiger partial charge in [-0.25, -0.2) is 13.2 Å². The van der Waals surface area contributed by atoms with Gasteiger partial charge in [-0.05, 0) is 98.4 Å². The number of allylic oxidation sites excluding steroid dienone is 2. The van der Waals surface area contributed by atoms with Gasteiger partial charge in [0.25, 0.3) is 0 Å². The van der Waals surface area contributed by atoms with E-state index in [9.17, 15) is 22.0 Å². The number of halogens is 5. The second kappa shape index (κ2) is 9.63. The average molecular weight is 450 g/mol. The predicted octanol–water partition coefficient (Wildman–Crippen LogP) is 8.25. The van der Waals surface area contributed by atoms with Crippen LogP contribution in [0.15, 0.2) is 42.5 Å². The molecule has 172 valence electrons. The molecule has 2 aliphatic rings. The first kappa shape index (κ1) is 22.8. The molecule has 6 heteroatoms. The fourth-order valence-electron chi connectivity index (χ4n) is 5.61. The Morgan fingerprint density at radius 1 is 0.875 bits per heavy atom. The highest BCUT2D eigenvalue weighted by Crippen LogP contribution is 2.48. The summed E-state index contributed by atoms with van der Waals surface area (Å²) in [6.45, 7) is -1.29. The molecule has 0 amide bonds. The Kier molecular flexibility index (Phi) is 6.87. The lowest BCUT2D eigenvalue weighted by molar-refractivity contribution is -0.0546. The van der Waals surface area contributed by atoms with Crippen LogP contribution in [0.2, 0.25) is 0 Å². The molecule has 4 unspecified atom stereocenters. The maximum Gasteiger partial charge on any atom is 0.387 e. The van der Waals surface area contributed by atoms with Gasteiger partial charge in [0.1, 0.15) is 5.82 Å². The van der Waals surface area contributed by atoms with Gasteiger partial charge in [0.15, 0.2) is 17.4 Å². The van der Waals surface area contributed by atoms with E-state index >= 15 is 0 Å². The van der Waals surface area contributed by atoms with E-state index < -0.39 is 29.8 Å². The summed E-state index contributed by atoms with van der Waals surface area (Å²) in [6.07, 6.45) is 11.3. The zero-order chi connectivity index (χ0) is 22.8. The van der Waals surface area contributed by atoms with Crippen molar-refractivity contribution in [3.8, 4) is 16.9 Å². The van der Waals surface area contributed by atoms with E-state index in [1.54, 1.807) is 0 Å². The Morgan fingerprint density at radius 2 is 1.56 bits per heavy atom. The molecule has 0 saturated heterocycles. The van der Waals surface area contributed by atoms with E-state index in [2.05, 4.69) is 23.8 Å². The van der Waals surface area contributed by atoms with Gasteiger partial charge in [0.2, 0.25) is 0 Å². The van der Waals surface area contributed by atoms with Crippen molar-refractivity contribution in [1.29, 1.82) is 0 Å². The van der Waals surface area contributed by atoms with Gasteiger partial charge in [-0.3, -0.25) is 0 Å². The minimum absolute atomic E-state index is 0.0238. The normalized spacial score (nSPS) is 25.8. The number of hydrogen-bond acceptors (Lipinski definition) is 1. The van der Waals surface area contributed by atoms with Crippen LogP contribution in [0.4, 0.5) is 22.0 Å². The summed E-state index contributed by atoms with van der Waals surface area (Å²) < 4.78 is 71.6. The lowest BCUT2D eigenvalue weighted by Gasteiger charge is -2.41. The summed E-state index contributed by atoms with van der Waals surface area (Å²) >= 11 is 0. The van der Waals surface area contributed by atoms with E-state index in [-0.39, 0.29) is 17.0 Å². The molecular weight excluding hydrogens is 423 g/mol. The number of alkyl halides is 2. The third-order valence-corrected chi connectivity index (χ3v) is 7.10. The standard InChI is InChI=1S/C26H27F5O/c1-2-3-15-4-5-17-11-18(7-6-16(17)10-15)19-8-9-21(22(27)12-19)20-13-23(28)25(24(29)14-20)32-26(30)31/h2-3,8-9,12-18,26H,4-7,10-11H2,1H3/b3-2+. The minimum atomic E-state index is -3.35. The third-order valence-electron chi connectivity index (χ3n) is 7.10. The molecule has 0 aliphatic heterocycles. The first-order valence-electron chi connectivity index (χ1n) is 11.2. The molecule has 0 bridgehead atoms. The highest BCUT2D eigenvalue weighted by molar-refractivity contribution is 5.66. The molecule has 2 aromatic rings. The van der Waals surface area contributed by atoms with Crippen molar-refractivity contribution < 1.29 is 26.7 Å². The van der Waals surface area contributed by atoms with E-state index in [1.807, 2.05) is 6.07 Å². The first-order valence-corrected chi connectivity index (χ1v) is 11.2. The average Bonchev–Trinajstić information content (AvgIpc) is 2.76. The topological polar surface area (TPSA) is 9.23 Å². The summed E-state index contributed by atoms with van der Waals surface area (Å²) in [4.78, 5) is 0. The van der Waals surface area contributed by atoms with Crippen molar-refractivity contribution >= 4 is 0 Å². The Balaban J connectivity index is 1.50. The number of fused-ring (bicyclic) bond motifs is 1. The summed E-state index contributed by atoms with van der Waals surface area (Å²) in [5.74, 6) is -2.01. The predicted molar refractivity (Wildman–Crippen MR) is 114 cm³/mol. The molecule has 0 N–H and O–H groups in total. The fraction of sp³-hybridized carbons (Fsp3) is 0.462. The molecule has 2 aliphatic carbocycles. The van der Waals surface area contributed by atoms with Crippen LogP contribution in [0.5, 0.6) is 5.75 Å². The fourth-order valence-corrected chi connectivity index (χ4v) is 5.61. The van der Waals surface area contributed by atoms with E-state index in [1.165, 1.54) is 31.4 Å². The van der Waals surface area contributed by atoms with Crippen LogP contribution in [0.25, 0.3) is 11.1 Å². The maximum atomic E-state index is 14.9. The van der Waals surface area contributed by atoms with Crippen molar-refractivity contribution in [3.05, 3.63) is 65.5 Å². The SMILES string of the molecule is C/C=C/C1CCC2CC(c3ccc(-c4cc(F)c(OC(F)F)c(F)c4)c(F)c3)CCC2C1. The smallest absolute Gasteiger partial charge is 0.387 e. The molecule has 2 aromatic carbocycles. The lowest BCUT2D eigenvalue weighted by Crippen LogP contribution is -2.30. The van der Waals surface area contributed by atoms with Crippen molar-refractivity contribution in [1.82, 2.24) is 0 Å². The van der Waals surface area contributed by atoms with Crippen molar-refractivity contribution in [2.45, 2.75) is 58.0 Å². The van der Waals surface area contributed by atoms with Crippen LogP contribution in [-0.2, 0) is 0 Å². The second-order valence-corrected chi connectivity index (χ2v) is 9.02. The largest absolute Gasteiger partial charge is 0.429 e. The van der Waals surface area contributed by atoms with Crippen LogP contribution >= 0.6 is 0 Å².